The van der Waals surface area contributed by atoms with Crippen molar-refractivity contribution in [2.24, 2.45) is 0 Å². The van der Waals surface area contributed by atoms with Gasteiger partial charge in [0.05, 0.1) is 5.69 Å². The molecular weight excluding hydrogens is 240 g/mol. The summed E-state index contributed by atoms with van der Waals surface area (Å²) < 4.78 is 0. The van der Waals surface area contributed by atoms with Crippen LogP contribution in [0.2, 0.25) is 0 Å². The SMILES string of the molecule is CCC(C)c1ccc(-c2nc(CNC)cs2)cc1. The van der Waals surface area contributed by atoms with E-state index in [0.29, 0.717) is 5.92 Å². The maximum Gasteiger partial charge on any atom is 0.123 e. The number of benzene rings is 1. The van der Waals surface area contributed by atoms with Crippen LogP contribution < -0.4 is 5.32 Å². The van der Waals surface area contributed by atoms with Gasteiger partial charge < -0.3 is 5.32 Å². The number of hydrogen-bond donors (Lipinski definition) is 1. The molecule has 0 saturated heterocycles. The zero-order valence-electron chi connectivity index (χ0n) is 11.2. The largest absolute Gasteiger partial charge is 0.314 e. The van der Waals surface area contributed by atoms with Gasteiger partial charge >= 0.3 is 0 Å². The van der Waals surface area contributed by atoms with Crippen LogP contribution in [0.4, 0.5) is 0 Å². The van der Waals surface area contributed by atoms with E-state index in [1.165, 1.54) is 17.5 Å². The highest BCUT2D eigenvalue weighted by Gasteiger charge is 2.06. The zero-order chi connectivity index (χ0) is 13.0. The molecule has 0 bridgehead atoms. The molecule has 0 aliphatic rings. The van der Waals surface area contributed by atoms with Crippen LogP contribution in [0.5, 0.6) is 0 Å². The fourth-order valence-electron chi connectivity index (χ4n) is 1.89. The van der Waals surface area contributed by atoms with Gasteiger partial charge in [-0.1, -0.05) is 38.1 Å². The average molecular weight is 260 g/mol. The van der Waals surface area contributed by atoms with E-state index in [9.17, 15) is 0 Å². The van der Waals surface area contributed by atoms with Crippen molar-refractivity contribution in [2.45, 2.75) is 32.7 Å². The molecule has 96 valence electrons. The summed E-state index contributed by atoms with van der Waals surface area (Å²) in [6.45, 7) is 5.33. The standard InChI is InChI=1S/C15H20N2S/c1-4-11(2)12-5-7-13(8-6-12)15-17-14(9-16-3)10-18-15/h5-8,10-11,16H,4,9H2,1-3H3. The van der Waals surface area contributed by atoms with Gasteiger partial charge in [-0.3, -0.25) is 0 Å². The van der Waals surface area contributed by atoms with Crippen molar-refractivity contribution in [3.63, 3.8) is 0 Å². The summed E-state index contributed by atoms with van der Waals surface area (Å²) in [6.07, 6.45) is 1.18. The Hall–Kier alpha value is -1.19. The van der Waals surface area contributed by atoms with Gasteiger partial charge in [-0.25, -0.2) is 4.98 Å². The highest BCUT2D eigenvalue weighted by molar-refractivity contribution is 7.13. The minimum atomic E-state index is 0.634. The first-order chi connectivity index (χ1) is 8.74. The molecule has 0 radical (unpaired) electrons. The number of aromatic nitrogens is 1. The molecular formula is C15H20N2S. The van der Waals surface area contributed by atoms with E-state index >= 15 is 0 Å². The Balaban J connectivity index is 2.17. The lowest BCUT2D eigenvalue weighted by Crippen LogP contribution is -2.04. The van der Waals surface area contributed by atoms with E-state index in [-0.39, 0.29) is 0 Å². The molecule has 1 aromatic heterocycles. The van der Waals surface area contributed by atoms with Gasteiger partial charge in [-0.15, -0.1) is 11.3 Å². The molecule has 1 heterocycles. The second kappa shape index (κ2) is 6.12. The Morgan fingerprint density at radius 1 is 1.28 bits per heavy atom. The molecule has 1 aromatic carbocycles. The van der Waals surface area contributed by atoms with Crippen molar-refractivity contribution in [1.82, 2.24) is 10.3 Å². The molecule has 0 aliphatic carbocycles. The lowest BCUT2D eigenvalue weighted by atomic mass is 9.98. The normalized spacial score (nSPS) is 12.6. The summed E-state index contributed by atoms with van der Waals surface area (Å²) in [5.41, 5.74) is 3.74. The number of thiazole rings is 1. The molecule has 0 saturated carbocycles. The second-order valence-corrected chi connectivity index (χ2v) is 5.46. The third-order valence-electron chi connectivity index (χ3n) is 3.25. The maximum atomic E-state index is 4.62. The van der Waals surface area contributed by atoms with E-state index in [1.54, 1.807) is 11.3 Å². The third kappa shape index (κ3) is 2.98. The van der Waals surface area contributed by atoms with Gasteiger partial charge in [0.1, 0.15) is 5.01 Å². The van der Waals surface area contributed by atoms with E-state index in [1.807, 2.05) is 7.05 Å². The van der Waals surface area contributed by atoms with Crippen LogP contribution in [-0.2, 0) is 6.54 Å². The van der Waals surface area contributed by atoms with Gasteiger partial charge in [-0.2, -0.15) is 0 Å². The number of nitrogens with one attached hydrogen (secondary N) is 1. The fourth-order valence-corrected chi connectivity index (χ4v) is 2.72. The smallest absolute Gasteiger partial charge is 0.123 e. The highest BCUT2D eigenvalue weighted by atomic mass is 32.1. The maximum absolute atomic E-state index is 4.62. The molecule has 1 unspecified atom stereocenters. The molecule has 1 N–H and O–H groups in total. The Bertz CT molecular complexity index is 487. The average Bonchev–Trinajstić information content (AvgIpc) is 2.87. The van der Waals surface area contributed by atoms with Gasteiger partial charge in [-0.05, 0) is 24.9 Å². The van der Waals surface area contributed by atoms with Crippen LogP contribution in [0, 0.1) is 0 Å². The zero-order valence-corrected chi connectivity index (χ0v) is 12.1. The van der Waals surface area contributed by atoms with Gasteiger partial charge in [0.15, 0.2) is 0 Å². The molecule has 18 heavy (non-hydrogen) atoms. The number of rotatable bonds is 5. The van der Waals surface area contributed by atoms with Crippen LogP contribution >= 0.6 is 11.3 Å². The molecule has 0 aliphatic heterocycles. The summed E-state index contributed by atoms with van der Waals surface area (Å²) >= 11 is 1.71. The topological polar surface area (TPSA) is 24.9 Å². The van der Waals surface area contributed by atoms with Crippen molar-refractivity contribution in [2.75, 3.05) is 7.05 Å². The van der Waals surface area contributed by atoms with Crippen LogP contribution in [0.15, 0.2) is 29.6 Å². The fraction of sp³-hybridized carbons (Fsp3) is 0.400. The minimum absolute atomic E-state index is 0.634. The molecule has 0 amide bonds. The lowest BCUT2D eigenvalue weighted by molar-refractivity contribution is 0.734. The second-order valence-electron chi connectivity index (χ2n) is 4.61. The summed E-state index contributed by atoms with van der Waals surface area (Å²) in [6, 6.07) is 8.82. The van der Waals surface area contributed by atoms with Crippen molar-refractivity contribution in [1.29, 1.82) is 0 Å². The van der Waals surface area contributed by atoms with Crippen LogP contribution in [0.3, 0.4) is 0 Å². The summed E-state index contributed by atoms with van der Waals surface area (Å²) in [7, 11) is 1.94. The first-order valence-corrected chi connectivity index (χ1v) is 7.32. The Kier molecular flexibility index (Phi) is 4.50. The number of nitrogens with zero attached hydrogens (tertiary/aromatic N) is 1. The molecule has 1 atom stereocenters. The van der Waals surface area contributed by atoms with E-state index < -0.39 is 0 Å². The summed E-state index contributed by atoms with van der Waals surface area (Å²) in [5.74, 6) is 0.634. The van der Waals surface area contributed by atoms with Crippen molar-refractivity contribution < 1.29 is 0 Å². The molecule has 2 nitrogen and oxygen atoms in total. The molecule has 0 fully saturated rings. The van der Waals surface area contributed by atoms with Crippen LogP contribution in [0.1, 0.15) is 37.4 Å². The summed E-state index contributed by atoms with van der Waals surface area (Å²) in [5, 5.41) is 6.35. The quantitative estimate of drug-likeness (QED) is 0.877. The van der Waals surface area contributed by atoms with E-state index in [2.05, 4.69) is 53.8 Å². The molecule has 3 heteroatoms. The Labute approximate surface area is 113 Å². The molecule has 2 rings (SSSR count). The van der Waals surface area contributed by atoms with Crippen molar-refractivity contribution in [3.05, 3.63) is 40.9 Å². The molecule has 0 spiro atoms. The van der Waals surface area contributed by atoms with Gasteiger partial charge in [0.25, 0.3) is 0 Å². The Morgan fingerprint density at radius 3 is 2.61 bits per heavy atom. The first kappa shape index (κ1) is 13.2. The van der Waals surface area contributed by atoms with E-state index in [4.69, 9.17) is 0 Å². The van der Waals surface area contributed by atoms with Gasteiger partial charge in [0.2, 0.25) is 0 Å². The number of hydrogen-bond acceptors (Lipinski definition) is 3. The van der Waals surface area contributed by atoms with Gasteiger partial charge in [0, 0.05) is 17.5 Å². The monoisotopic (exact) mass is 260 g/mol. The van der Waals surface area contributed by atoms with E-state index in [0.717, 1.165) is 17.2 Å². The summed E-state index contributed by atoms with van der Waals surface area (Å²) in [4.78, 5) is 4.62. The Morgan fingerprint density at radius 2 is 2.00 bits per heavy atom. The van der Waals surface area contributed by atoms with Crippen LogP contribution in [0.25, 0.3) is 10.6 Å². The first-order valence-electron chi connectivity index (χ1n) is 6.44. The minimum Gasteiger partial charge on any atom is -0.314 e. The third-order valence-corrected chi connectivity index (χ3v) is 4.19. The highest BCUT2D eigenvalue weighted by Crippen LogP contribution is 2.26. The predicted octanol–water partition coefficient (Wildman–Crippen LogP) is 4.04. The van der Waals surface area contributed by atoms with Crippen LogP contribution in [-0.4, -0.2) is 12.0 Å². The van der Waals surface area contributed by atoms with Crippen molar-refractivity contribution >= 4 is 11.3 Å². The lowest BCUT2D eigenvalue weighted by Gasteiger charge is -2.08. The van der Waals surface area contributed by atoms with Crippen molar-refractivity contribution in [3.8, 4) is 10.6 Å². The molecule has 2 aromatic rings. The predicted molar refractivity (Wildman–Crippen MR) is 79.0 cm³/mol.